The van der Waals surface area contributed by atoms with Crippen LogP contribution >= 0.6 is 0 Å². The lowest BCUT2D eigenvalue weighted by molar-refractivity contribution is 0.151. The zero-order chi connectivity index (χ0) is 9.97. The lowest BCUT2D eigenvalue weighted by Crippen LogP contribution is -2.38. The van der Waals surface area contributed by atoms with Gasteiger partial charge in [0, 0.05) is 18.4 Å². The maximum absolute atomic E-state index is 5.95. The van der Waals surface area contributed by atoms with Gasteiger partial charge in [0.15, 0.2) is 0 Å². The first kappa shape index (κ1) is 9.62. The van der Waals surface area contributed by atoms with Crippen molar-refractivity contribution in [3.05, 3.63) is 29.6 Å². The van der Waals surface area contributed by atoms with Gasteiger partial charge in [-0.2, -0.15) is 0 Å². The second kappa shape index (κ2) is 4.07. The van der Waals surface area contributed by atoms with Gasteiger partial charge >= 0.3 is 0 Å². The van der Waals surface area contributed by atoms with E-state index in [4.69, 9.17) is 5.84 Å². The van der Waals surface area contributed by atoms with Crippen LogP contribution in [0.25, 0.3) is 0 Å². The van der Waals surface area contributed by atoms with E-state index in [1.165, 1.54) is 18.4 Å². The molecular weight excluding hydrogens is 174 g/mol. The van der Waals surface area contributed by atoms with Gasteiger partial charge in [0.1, 0.15) is 0 Å². The summed E-state index contributed by atoms with van der Waals surface area (Å²) in [6, 6.07) is 4.56. The summed E-state index contributed by atoms with van der Waals surface area (Å²) >= 11 is 0. The molecule has 2 N–H and O–H groups in total. The molecule has 14 heavy (non-hydrogen) atoms. The van der Waals surface area contributed by atoms with Gasteiger partial charge in [-0.1, -0.05) is 12.5 Å². The zero-order valence-corrected chi connectivity index (χ0v) is 8.61. The van der Waals surface area contributed by atoms with Gasteiger partial charge in [-0.3, -0.25) is 10.8 Å². The summed E-state index contributed by atoms with van der Waals surface area (Å²) in [6.45, 7) is 3.00. The average Bonchev–Trinajstić information content (AvgIpc) is 2.20. The quantitative estimate of drug-likeness (QED) is 0.688. The van der Waals surface area contributed by atoms with Gasteiger partial charge < -0.3 is 0 Å². The number of hydrogen-bond acceptors (Lipinski definition) is 3. The molecule has 1 aliphatic rings. The van der Waals surface area contributed by atoms with Crippen molar-refractivity contribution in [2.24, 2.45) is 5.84 Å². The van der Waals surface area contributed by atoms with Crippen molar-refractivity contribution in [1.29, 1.82) is 0 Å². The van der Waals surface area contributed by atoms with Crippen molar-refractivity contribution >= 4 is 0 Å². The van der Waals surface area contributed by atoms with Crippen LogP contribution in [-0.2, 0) is 0 Å². The number of hydrazine groups is 1. The van der Waals surface area contributed by atoms with Crippen LogP contribution in [-0.4, -0.2) is 16.5 Å². The molecule has 1 aliphatic heterocycles. The van der Waals surface area contributed by atoms with Gasteiger partial charge in [-0.25, -0.2) is 5.01 Å². The van der Waals surface area contributed by atoms with Crippen LogP contribution in [0, 0.1) is 6.92 Å². The van der Waals surface area contributed by atoms with Crippen molar-refractivity contribution in [2.45, 2.75) is 32.2 Å². The monoisotopic (exact) mass is 191 g/mol. The maximum Gasteiger partial charge on any atom is 0.0505 e. The highest BCUT2D eigenvalue weighted by molar-refractivity contribution is 5.17. The molecule has 0 aromatic carbocycles. The third-order valence-electron chi connectivity index (χ3n) is 2.86. The number of aromatic nitrogens is 1. The molecule has 3 heteroatoms. The molecule has 1 saturated heterocycles. The van der Waals surface area contributed by atoms with Crippen molar-refractivity contribution < 1.29 is 0 Å². The topological polar surface area (TPSA) is 42.1 Å². The SMILES string of the molecule is Cc1ccc(C2CCCCN2N)cn1. The summed E-state index contributed by atoms with van der Waals surface area (Å²) in [5, 5.41) is 1.94. The number of rotatable bonds is 1. The summed E-state index contributed by atoms with van der Waals surface area (Å²) < 4.78 is 0. The minimum Gasteiger partial charge on any atom is -0.268 e. The van der Waals surface area contributed by atoms with E-state index >= 15 is 0 Å². The Kier molecular flexibility index (Phi) is 2.79. The molecule has 0 radical (unpaired) electrons. The number of nitrogens with zero attached hydrogens (tertiary/aromatic N) is 2. The number of piperidine rings is 1. The molecule has 0 spiro atoms. The van der Waals surface area contributed by atoms with Crippen molar-refractivity contribution in [2.75, 3.05) is 6.54 Å². The van der Waals surface area contributed by atoms with E-state index in [2.05, 4.69) is 17.1 Å². The Labute approximate surface area is 84.9 Å². The van der Waals surface area contributed by atoms with Crippen LogP contribution < -0.4 is 5.84 Å². The Morgan fingerprint density at radius 1 is 1.43 bits per heavy atom. The molecule has 2 rings (SSSR count). The van der Waals surface area contributed by atoms with Gasteiger partial charge in [0.25, 0.3) is 0 Å². The fourth-order valence-electron chi connectivity index (χ4n) is 1.99. The standard InChI is InChI=1S/C11H17N3/c1-9-5-6-10(8-13-9)11-4-2-3-7-14(11)12/h5-6,8,11H,2-4,7,12H2,1H3. The maximum atomic E-state index is 5.95. The molecular formula is C11H17N3. The first-order valence-corrected chi connectivity index (χ1v) is 5.21. The second-order valence-electron chi connectivity index (χ2n) is 3.98. The molecule has 76 valence electrons. The summed E-state index contributed by atoms with van der Waals surface area (Å²) in [4.78, 5) is 4.31. The predicted octanol–water partition coefficient (Wildman–Crippen LogP) is 1.79. The smallest absolute Gasteiger partial charge is 0.0505 e. The largest absolute Gasteiger partial charge is 0.268 e. The van der Waals surface area contributed by atoms with E-state index in [0.29, 0.717) is 6.04 Å². The fourth-order valence-corrected chi connectivity index (χ4v) is 1.99. The minimum atomic E-state index is 0.372. The molecule has 1 fully saturated rings. The molecule has 0 bridgehead atoms. The highest BCUT2D eigenvalue weighted by Gasteiger charge is 2.21. The number of hydrogen-bond donors (Lipinski definition) is 1. The Hall–Kier alpha value is -0.930. The highest BCUT2D eigenvalue weighted by Crippen LogP contribution is 2.27. The van der Waals surface area contributed by atoms with Crippen LogP contribution in [0.2, 0.25) is 0 Å². The summed E-state index contributed by atoms with van der Waals surface area (Å²) in [5.41, 5.74) is 2.31. The van der Waals surface area contributed by atoms with Crippen molar-refractivity contribution in [3.8, 4) is 0 Å². The van der Waals surface area contributed by atoms with E-state index in [-0.39, 0.29) is 0 Å². The van der Waals surface area contributed by atoms with Crippen molar-refractivity contribution in [3.63, 3.8) is 0 Å². The molecule has 0 aliphatic carbocycles. The molecule has 1 aromatic rings. The molecule has 1 aromatic heterocycles. The number of aryl methyl sites for hydroxylation is 1. The Bertz CT molecular complexity index is 294. The predicted molar refractivity (Wildman–Crippen MR) is 56.5 cm³/mol. The summed E-state index contributed by atoms with van der Waals surface area (Å²) in [6.07, 6.45) is 5.59. The number of pyridine rings is 1. The third-order valence-corrected chi connectivity index (χ3v) is 2.86. The van der Waals surface area contributed by atoms with Gasteiger partial charge in [0.05, 0.1) is 6.04 Å². The van der Waals surface area contributed by atoms with E-state index < -0.39 is 0 Å². The summed E-state index contributed by atoms with van der Waals surface area (Å²) in [7, 11) is 0. The first-order chi connectivity index (χ1) is 6.77. The van der Waals surface area contributed by atoms with E-state index in [1.54, 1.807) is 0 Å². The van der Waals surface area contributed by atoms with Crippen LogP contribution in [0.15, 0.2) is 18.3 Å². The first-order valence-electron chi connectivity index (χ1n) is 5.21. The second-order valence-corrected chi connectivity index (χ2v) is 3.98. The zero-order valence-electron chi connectivity index (χ0n) is 8.61. The van der Waals surface area contributed by atoms with Gasteiger partial charge in [-0.05, 0) is 31.4 Å². The van der Waals surface area contributed by atoms with Crippen molar-refractivity contribution in [1.82, 2.24) is 9.99 Å². The van der Waals surface area contributed by atoms with E-state index in [0.717, 1.165) is 18.7 Å². The molecule has 0 amide bonds. The molecule has 3 nitrogen and oxygen atoms in total. The van der Waals surface area contributed by atoms with Gasteiger partial charge in [-0.15, -0.1) is 0 Å². The molecule has 2 heterocycles. The lowest BCUT2D eigenvalue weighted by Gasteiger charge is -2.31. The average molecular weight is 191 g/mol. The van der Waals surface area contributed by atoms with Crippen LogP contribution in [0.1, 0.15) is 36.6 Å². The third kappa shape index (κ3) is 1.94. The molecule has 1 unspecified atom stereocenters. The Morgan fingerprint density at radius 3 is 2.93 bits per heavy atom. The molecule has 0 saturated carbocycles. The lowest BCUT2D eigenvalue weighted by atomic mass is 9.98. The van der Waals surface area contributed by atoms with E-state index in [9.17, 15) is 0 Å². The fraction of sp³-hybridized carbons (Fsp3) is 0.545. The number of nitrogens with two attached hydrogens (primary N) is 1. The van der Waals surface area contributed by atoms with Crippen LogP contribution in [0.5, 0.6) is 0 Å². The van der Waals surface area contributed by atoms with E-state index in [1.807, 2.05) is 18.1 Å². The van der Waals surface area contributed by atoms with Crippen LogP contribution in [0.3, 0.4) is 0 Å². The molecule has 1 atom stereocenters. The summed E-state index contributed by atoms with van der Waals surface area (Å²) in [5.74, 6) is 5.95. The normalized spacial score (nSPS) is 23.7. The van der Waals surface area contributed by atoms with Crippen LogP contribution in [0.4, 0.5) is 0 Å². The Balaban J connectivity index is 2.16. The minimum absolute atomic E-state index is 0.372. The van der Waals surface area contributed by atoms with Gasteiger partial charge in [0.2, 0.25) is 0 Å². The highest BCUT2D eigenvalue weighted by atomic mass is 15.4. The Morgan fingerprint density at radius 2 is 2.29 bits per heavy atom.